The number of piperazine rings is 1. The average molecular weight is 497 g/mol. The number of carbonyl (C=O) groups is 1. The average Bonchev–Trinajstić information content (AvgIpc) is 3.58. The topological polar surface area (TPSA) is 66.9 Å². The highest BCUT2D eigenvalue weighted by Gasteiger charge is 2.52. The van der Waals surface area contributed by atoms with Gasteiger partial charge in [-0.15, -0.1) is 0 Å². The fourth-order valence-electron chi connectivity index (χ4n) is 6.66. The highest BCUT2D eigenvalue weighted by Crippen LogP contribution is 2.46. The molecule has 35 heavy (non-hydrogen) atoms. The zero-order valence-electron chi connectivity index (χ0n) is 20.4. The Labute approximate surface area is 204 Å². The summed E-state index contributed by atoms with van der Waals surface area (Å²) in [6.07, 6.45) is 1.91. The van der Waals surface area contributed by atoms with E-state index in [1.807, 2.05) is 9.80 Å². The first-order valence-corrected chi connectivity index (χ1v) is 12.7. The molecule has 3 aliphatic heterocycles. The highest BCUT2D eigenvalue weighted by atomic mass is 19.4. The molecule has 1 aromatic heterocycles. The van der Waals surface area contributed by atoms with Crippen molar-refractivity contribution in [2.45, 2.75) is 81.9 Å². The van der Waals surface area contributed by atoms with Gasteiger partial charge in [-0.1, -0.05) is 6.92 Å². The minimum atomic E-state index is -4.47. The normalized spacial score (nSPS) is 35.2. The molecule has 1 saturated carbocycles. The first kappa shape index (κ1) is 24.8. The summed E-state index contributed by atoms with van der Waals surface area (Å²) in [5.41, 5.74) is -0.715. The van der Waals surface area contributed by atoms with E-state index in [0.29, 0.717) is 25.4 Å². The summed E-state index contributed by atoms with van der Waals surface area (Å²) >= 11 is 0. The van der Waals surface area contributed by atoms with Crippen molar-refractivity contribution in [3.8, 4) is 0 Å². The molecule has 1 amide bonds. The predicted molar refractivity (Wildman–Crippen MR) is 124 cm³/mol. The molecule has 6 atom stereocenters. The number of carbonyl (C=O) groups excluding carboxylic acids is 1. The van der Waals surface area contributed by atoms with Gasteiger partial charge in [0.2, 0.25) is 5.91 Å². The Morgan fingerprint density at radius 1 is 1.31 bits per heavy atom. The summed E-state index contributed by atoms with van der Waals surface area (Å²) in [6, 6.07) is 3.34. The molecular weight excluding hydrogens is 461 g/mol. The van der Waals surface area contributed by atoms with E-state index in [1.165, 1.54) is 6.20 Å². The zero-order chi connectivity index (χ0) is 24.8. The number of rotatable bonds is 6. The van der Waals surface area contributed by atoms with E-state index in [-0.39, 0.29) is 41.6 Å². The van der Waals surface area contributed by atoms with Crippen LogP contribution in [0, 0.1) is 5.41 Å². The number of nitrogens with zero attached hydrogens (tertiary/aromatic N) is 3. The number of ether oxygens (including phenoxy) is 2. The third-order valence-electron chi connectivity index (χ3n) is 8.66. The van der Waals surface area contributed by atoms with Crippen LogP contribution in [0.5, 0.6) is 0 Å². The molecule has 194 valence electrons. The maximum Gasteiger partial charge on any atom is 0.433 e. The van der Waals surface area contributed by atoms with Gasteiger partial charge in [-0.25, -0.2) is 0 Å². The number of amides is 1. The van der Waals surface area contributed by atoms with Crippen LogP contribution >= 0.6 is 0 Å². The molecule has 4 fully saturated rings. The van der Waals surface area contributed by atoms with Crippen LogP contribution in [0.1, 0.15) is 51.1 Å². The fraction of sp³-hybridized carbons (Fsp3) is 0.760. The van der Waals surface area contributed by atoms with Crippen molar-refractivity contribution < 1.29 is 27.4 Å². The quantitative estimate of drug-likeness (QED) is 0.653. The molecule has 0 spiro atoms. The molecule has 3 saturated heterocycles. The molecule has 10 heteroatoms. The van der Waals surface area contributed by atoms with Gasteiger partial charge in [-0.3, -0.25) is 9.78 Å². The van der Waals surface area contributed by atoms with Crippen molar-refractivity contribution in [2.75, 3.05) is 38.3 Å². The summed E-state index contributed by atoms with van der Waals surface area (Å²) in [5.74, 6) is 0.220. The summed E-state index contributed by atoms with van der Waals surface area (Å²) in [7, 11) is 1.71. The van der Waals surface area contributed by atoms with E-state index in [9.17, 15) is 18.0 Å². The van der Waals surface area contributed by atoms with Gasteiger partial charge in [0.25, 0.3) is 0 Å². The van der Waals surface area contributed by atoms with E-state index in [4.69, 9.17) is 9.47 Å². The lowest BCUT2D eigenvalue weighted by Gasteiger charge is -2.40. The second-order valence-corrected chi connectivity index (χ2v) is 10.5. The Kier molecular flexibility index (Phi) is 6.74. The van der Waals surface area contributed by atoms with E-state index in [1.54, 1.807) is 13.2 Å². The molecule has 0 unspecified atom stereocenters. The number of hydrogen-bond acceptors (Lipinski definition) is 6. The number of nitrogens with one attached hydrogen (secondary N) is 1. The molecule has 7 nitrogen and oxygen atoms in total. The van der Waals surface area contributed by atoms with Crippen LogP contribution in [0.3, 0.4) is 0 Å². The third kappa shape index (κ3) is 4.64. The van der Waals surface area contributed by atoms with Crippen molar-refractivity contribution in [2.24, 2.45) is 5.41 Å². The zero-order valence-corrected chi connectivity index (χ0v) is 20.4. The smallest absolute Gasteiger partial charge is 0.379 e. The van der Waals surface area contributed by atoms with Gasteiger partial charge in [0.15, 0.2) is 0 Å². The van der Waals surface area contributed by atoms with Crippen molar-refractivity contribution >= 4 is 11.6 Å². The lowest BCUT2D eigenvalue weighted by molar-refractivity contribution is -0.143. The molecule has 1 aromatic rings. The van der Waals surface area contributed by atoms with Crippen molar-refractivity contribution in [1.82, 2.24) is 15.2 Å². The Balaban J connectivity index is 1.23. The number of aromatic nitrogens is 1. The van der Waals surface area contributed by atoms with Crippen LogP contribution in [0.15, 0.2) is 18.3 Å². The minimum absolute atomic E-state index is 0.0300. The molecular formula is C25H35F3N4O3. The molecule has 5 rings (SSSR count). The third-order valence-corrected chi connectivity index (χ3v) is 8.66. The molecule has 4 aliphatic rings. The summed E-state index contributed by atoms with van der Waals surface area (Å²) in [5, 5.41) is 3.75. The number of anilines is 1. The number of pyridine rings is 1. The van der Waals surface area contributed by atoms with Gasteiger partial charge in [-0.2, -0.15) is 13.2 Å². The van der Waals surface area contributed by atoms with Gasteiger partial charge in [0.1, 0.15) is 5.69 Å². The van der Waals surface area contributed by atoms with Gasteiger partial charge in [0.05, 0.1) is 24.2 Å². The molecule has 0 radical (unpaired) electrons. The summed E-state index contributed by atoms with van der Waals surface area (Å²) in [4.78, 5) is 21.4. The molecule has 0 aromatic carbocycles. The van der Waals surface area contributed by atoms with Crippen LogP contribution in [0.2, 0.25) is 0 Å². The lowest BCUT2D eigenvalue weighted by Crippen LogP contribution is -2.54. The first-order valence-electron chi connectivity index (χ1n) is 12.7. The van der Waals surface area contributed by atoms with Crippen molar-refractivity contribution in [1.29, 1.82) is 0 Å². The Hall–Kier alpha value is -1.91. The monoisotopic (exact) mass is 496 g/mol. The Morgan fingerprint density at radius 2 is 2.14 bits per heavy atom. The van der Waals surface area contributed by atoms with Gasteiger partial charge < -0.3 is 24.6 Å². The van der Waals surface area contributed by atoms with Crippen LogP contribution in [-0.4, -0.2) is 79.5 Å². The maximum absolute atomic E-state index is 13.9. The molecule has 1 aliphatic carbocycles. The first-order chi connectivity index (χ1) is 16.7. The lowest BCUT2D eigenvalue weighted by atomic mass is 9.81. The van der Waals surface area contributed by atoms with Crippen molar-refractivity contribution in [3.63, 3.8) is 0 Å². The Morgan fingerprint density at radius 3 is 2.83 bits per heavy atom. The summed E-state index contributed by atoms with van der Waals surface area (Å²) in [6.45, 7) is 4.55. The van der Waals surface area contributed by atoms with Gasteiger partial charge in [0, 0.05) is 56.8 Å². The number of hydrogen-bond donors (Lipinski definition) is 1. The van der Waals surface area contributed by atoms with E-state index in [0.717, 1.165) is 51.2 Å². The van der Waals surface area contributed by atoms with Crippen LogP contribution in [0.25, 0.3) is 0 Å². The maximum atomic E-state index is 13.9. The second-order valence-electron chi connectivity index (χ2n) is 10.5. The number of alkyl halides is 3. The van der Waals surface area contributed by atoms with Crippen LogP contribution < -0.4 is 10.2 Å². The van der Waals surface area contributed by atoms with E-state index < -0.39 is 11.9 Å². The van der Waals surface area contributed by atoms with Crippen LogP contribution in [-0.2, 0) is 20.4 Å². The molecule has 2 bridgehead atoms. The largest absolute Gasteiger partial charge is 0.433 e. The number of methoxy groups -OCH3 is 1. The predicted octanol–water partition coefficient (Wildman–Crippen LogP) is 3.23. The highest BCUT2D eigenvalue weighted by molar-refractivity contribution is 5.84. The number of likely N-dealkylation sites (tertiary alicyclic amines) is 1. The SMILES string of the molecule is CC[C@]1(C(=O)N2C[C@@H]3C[C@H]2CN3c2ccnc(C(F)(F)F)c2)CC[C@@H](N[C@H]2CCOC[C@H]2OC)C1. The van der Waals surface area contributed by atoms with Gasteiger partial charge >= 0.3 is 6.18 Å². The number of halogens is 3. The van der Waals surface area contributed by atoms with Crippen LogP contribution in [0.4, 0.5) is 18.9 Å². The minimum Gasteiger partial charge on any atom is -0.379 e. The molecule has 4 heterocycles. The Bertz CT molecular complexity index is 931. The molecule has 1 N–H and O–H groups in total. The number of fused-ring (bicyclic) bond motifs is 2. The fourth-order valence-corrected chi connectivity index (χ4v) is 6.66. The summed E-state index contributed by atoms with van der Waals surface area (Å²) < 4.78 is 50.5. The van der Waals surface area contributed by atoms with E-state index in [2.05, 4.69) is 17.2 Å². The van der Waals surface area contributed by atoms with Gasteiger partial charge in [-0.05, 0) is 50.7 Å². The standard InChI is InChI=1S/C25H35F3N4O3/c1-3-24(7-4-16(12-24)30-20-6-9-35-15-21(20)34-2)23(33)32-14-18-10-19(32)13-31(18)17-5-8-29-22(11-17)25(26,27)28/h5,8,11,16,18-21,30H,3-4,6-7,9-10,12-15H2,1-2H3/t16-,18+,19+,20+,21-,24+/m1/s1. The van der Waals surface area contributed by atoms with E-state index >= 15 is 0 Å². The van der Waals surface area contributed by atoms with Crippen molar-refractivity contribution in [3.05, 3.63) is 24.0 Å². The second kappa shape index (κ2) is 9.52.